The van der Waals surface area contributed by atoms with Crippen LogP contribution in [-0.4, -0.2) is 38.5 Å². The summed E-state index contributed by atoms with van der Waals surface area (Å²) in [6, 6.07) is 1.79. The van der Waals surface area contributed by atoms with Gasteiger partial charge in [-0.1, -0.05) is 5.16 Å². The fraction of sp³-hybridized carbons (Fsp3) is 0.500. The molecule has 86 valence electrons. The molecule has 0 aliphatic carbocycles. The molecule has 1 unspecified atom stereocenters. The molecular weight excluding hydrogens is 206 g/mol. The Hall–Kier alpha value is -1.69. The molecule has 3 N–H and O–H groups in total. The van der Waals surface area contributed by atoms with Crippen LogP contribution < -0.4 is 5.73 Å². The molecule has 1 aromatic heterocycles. The SMILES string of the molecule is NC(=NO)C1CCCN1Cc1ncccn1. The van der Waals surface area contributed by atoms with Crippen LogP contribution in [0.3, 0.4) is 0 Å². The maximum absolute atomic E-state index is 8.68. The number of amidine groups is 1. The summed E-state index contributed by atoms with van der Waals surface area (Å²) in [4.78, 5) is 10.5. The van der Waals surface area contributed by atoms with E-state index in [4.69, 9.17) is 10.9 Å². The second-order valence-corrected chi connectivity index (χ2v) is 3.82. The summed E-state index contributed by atoms with van der Waals surface area (Å²) >= 11 is 0. The van der Waals surface area contributed by atoms with Gasteiger partial charge in [0.15, 0.2) is 5.84 Å². The van der Waals surface area contributed by atoms with E-state index < -0.39 is 0 Å². The lowest BCUT2D eigenvalue weighted by atomic mass is 10.2. The van der Waals surface area contributed by atoms with Crippen molar-refractivity contribution in [1.29, 1.82) is 0 Å². The first-order valence-corrected chi connectivity index (χ1v) is 5.28. The van der Waals surface area contributed by atoms with Gasteiger partial charge in [0.25, 0.3) is 0 Å². The van der Waals surface area contributed by atoms with Crippen molar-refractivity contribution in [2.75, 3.05) is 6.54 Å². The van der Waals surface area contributed by atoms with Gasteiger partial charge in [-0.25, -0.2) is 9.97 Å². The Kier molecular flexibility index (Phi) is 3.31. The zero-order chi connectivity index (χ0) is 11.4. The standard InChI is InChI=1S/C10H15N5O/c11-10(14-16)8-3-1-6-15(8)7-9-12-4-2-5-13-9/h2,4-5,8,16H,1,3,6-7H2,(H2,11,14). The van der Waals surface area contributed by atoms with E-state index in [1.807, 2.05) is 0 Å². The number of nitrogens with two attached hydrogens (primary N) is 1. The third kappa shape index (κ3) is 2.27. The minimum Gasteiger partial charge on any atom is -0.409 e. The molecule has 16 heavy (non-hydrogen) atoms. The van der Waals surface area contributed by atoms with Gasteiger partial charge in [0.1, 0.15) is 5.82 Å². The number of rotatable bonds is 3. The summed E-state index contributed by atoms with van der Waals surface area (Å²) in [7, 11) is 0. The molecule has 1 atom stereocenters. The van der Waals surface area contributed by atoms with Crippen LogP contribution in [-0.2, 0) is 6.54 Å². The average Bonchev–Trinajstić information content (AvgIpc) is 2.77. The first kappa shape index (κ1) is 10.8. The smallest absolute Gasteiger partial charge is 0.156 e. The summed E-state index contributed by atoms with van der Waals surface area (Å²) in [5, 5.41) is 11.8. The van der Waals surface area contributed by atoms with Crippen LogP contribution >= 0.6 is 0 Å². The van der Waals surface area contributed by atoms with Crippen molar-refractivity contribution in [3.63, 3.8) is 0 Å². The average molecular weight is 221 g/mol. The lowest BCUT2D eigenvalue weighted by Gasteiger charge is -2.21. The summed E-state index contributed by atoms with van der Waals surface area (Å²) in [5.41, 5.74) is 5.64. The highest BCUT2D eigenvalue weighted by atomic mass is 16.4. The third-order valence-corrected chi connectivity index (χ3v) is 2.78. The van der Waals surface area contributed by atoms with E-state index in [9.17, 15) is 0 Å². The van der Waals surface area contributed by atoms with Crippen molar-refractivity contribution in [2.45, 2.75) is 25.4 Å². The zero-order valence-electron chi connectivity index (χ0n) is 8.95. The number of aromatic nitrogens is 2. The number of hydrogen-bond donors (Lipinski definition) is 2. The van der Waals surface area contributed by atoms with E-state index in [1.165, 1.54) is 0 Å². The van der Waals surface area contributed by atoms with Gasteiger partial charge in [-0.2, -0.15) is 0 Å². The predicted molar refractivity (Wildman–Crippen MR) is 58.9 cm³/mol. The molecule has 1 fully saturated rings. The fourth-order valence-corrected chi connectivity index (χ4v) is 2.01. The topological polar surface area (TPSA) is 87.6 Å². The number of likely N-dealkylation sites (tertiary alicyclic amines) is 1. The third-order valence-electron chi connectivity index (χ3n) is 2.78. The van der Waals surface area contributed by atoms with Gasteiger partial charge < -0.3 is 10.9 Å². The number of hydrogen-bond acceptors (Lipinski definition) is 5. The van der Waals surface area contributed by atoms with Crippen LogP contribution in [0.1, 0.15) is 18.7 Å². The quantitative estimate of drug-likeness (QED) is 0.329. The highest BCUT2D eigenvalue weighted by Gasteiger charge is 2.28. The second-order valence-electron chi connectivity index (χ2n) is 3.82. The highest BCUT2D eigenvalue weighted by molar-refractivity contribution is 5.85. The Morgan fingerprint density at radius 3 is 3.00 bits per heavy atom. The Bertz CT molecular complexity index is 367. The molecule has 1 saturated heterocycles. The lowest BCUT2D eigenvalue weighted by molar-refractivity contribution is 0.269. The van der Waals surface area contributed by atoms with Crippen LogP contribution in [0.4, 0.5) is 0 Å². The molecule has 1 aromatic rings. The minimum atomic E-state index is 0.00815. The molecule has 0 spiro atoms. The van der Waals surface area contributed by atoms with Crippen molar-refractivity contribution in [1.82, 2.24) is 14.9 Å². The van der Waals surface area contributed by atoms with E-state index in [-0.39, 0.29) is 11.9 Å². The van der Waals surface area contributed by atoms with Gasteiger partial charge in [0.05, 0.1) is 12.6 Å². The summed E-state index contributed by atoms with van der Waals surface area (Å²) in [6.07, 6.45) is 5.41. The molecule has 6 nitrogen and oxygen atoms in total. The monoisotopic (exact) mass is 221 g/mol. The van der Waals surface area contributed by atoms with E-state index in [0.717, 1.165) is 25.2 Å². The molecule has 2 rings (SSSR count). The van der Waals surface area contributed by atoms with Gasteiger partial charge in [-0.3, -0.25) is 4.90 Å². The van der Waals surface area contributed by atoms with E-state index in [0.29, 0.717) is 6.54 Å². The first-order valence-electron chi connectivity index (χ1n) is 5.28. The summed E-state index contributed by atoms with van der Waals surface area (Å²) < 4.78 is 0. The Morgan fingerprint density at radius 1 is 1.56 bits per heavy atom. The zero-order valence-corrected chi connectivity index (χ0v) is 8.95. The van der Waals surface area contributed by atoms with Crippen LogP contribution in [0.2, 0.25) is 0 Å². The van der Waals surface area contributed by atoms with Crippen molar-refractivity contribution in [3.05, 3.63) is 24.3 Å². The van der Waals surface area contributed by atoms with Gasteiger partial charge >= 0.3 is 0 Å². The number of nitrogens with zero attached hydrogens (tertiary/aromatic N) is 4. The van der Waals surface area contributed by atoms with E-state index in [2.05, 4.69) is 20.0 Å². The highest BCUT2D eigenvalue weighted by Crippen LogP contribution is 2.18. The van der Waals surface area contributed by atoms with Gasteiger partial charge in [0.2, 0.25) is 0 Å². The summed E-state index contributed by atoms with van der Waals surface area (Å²) in [6.45, 7) is 1.57. The van der Waals surface area contributed by atoms with Crippen molar-refractivity contribution < 1.29 is 5.21 Å². The first-order chi connectivity index (χ1) is 7.81. The molecule has 1 aliphatic rings. The lowest BCUT2D eigenvalue weighted by Crippen LogP contribution is -2.40. The fourth-order valence-electron chi connectivity index (χ4n) is 2.01. The normalized spacial score (nSPS) is 22.5. The molecule has 1 aliphatic heterocycles. The van der Waals surface area contributed by atoms with Crippen molar-refractivity contribution in [2.24, 2.45) is 10.9 Å². The molecule has 0 amide bonds. The maximum Gasteiger partial charge on any atom is 0.156 e. The Morgan fingerprint density at radius 2 is 2.31 bits per heavy atom. The van der Waals surface area contributed by atoms with Crippen molar-refractivity contribution >= 4 is 5.84 Å². The minimum absolute atomic E-state index is 0.00815. The summed E-state index contributed by atoms with van der Waals surface area (Å²) in [5.74, 6) is 1.04. The van der Waals surface area contributed by atoms with E-state index in [1.54, 1.807) is 18.5 Å². The van der Waals surface area contributed by atoms with E-state index >= 15 is 0 Å². The van der Waals surface area contributed by atoms with Crippen LogP contribution in [0.5, 0.6) is 0 Å². The largest absolute Gasteiger partial charge is 0.409 e. The van der Waals surface area contributed by atoms with Gasteiger partial charge in [-0.05, 0) is 25.5 Å². The predicted octanol–water partition coefficient (Wildman–Crippen LogP) is 0.187. The molecule has 0 radical (unpaired) electrons. The molecule has 0 aromatic carbocycles. The van der Waals surface area contributed by atoms with Crippen LogP contribution in [0, 0.1) is 0 Å². The van der Waals surface area contributed by atoms with Gasteiger partial charge in [-0.15, -0.1) is 0 Å². The van der Waals surface area contributed by atoms with Crippen molar-refractivity contribution in [3.8, 4) is 0 Å². The number of oxime groups is 1. The van der Waals surface area contributed by atoms with Gasteiger partial charge in [0, 0.05) is 12.4 Å². The maximum atomic E-state index is 8.68. The molecule has 6 heteroatoms. The Balaban J connectivity index is 2.04. The molecule has 2 heterocycles. The Labute approximate surface area is 93.8 Å². The second kappa shape index (κ2) is 4.89. The molecular formula is C10H15N5O. The van der Waals surface area contributed by atoms with Crippen LogP contribution in [0.15, 0.2) is 23.6 Å². The molecule has 0 saturated carbocycles. The molecule has 0 bridgehead atoms. The van der Waals surface area contributed by atoms with Crippen LogP contribution in [0.25, 0.3) is 0 Å².